The summed E-state index contributed by atoms with van der Waals surface area (Å²) in [6.45, 7) is 11.2. The van der Waals surface area contributed by atoms with Crippen LogP contribution in [0.5, 0.6) is 0 Å². The molecule has 1 N–H and O–H groups in total. The van der Waals surface area contributed by atoms with E-state index in [1.54, 1.807) is 32.9 Å². The molecule has 1 fully saturated rings. The zero-order valence-corrected chi connectivity index (χ0v) is 22.9. The second-order valence-corrected chi connectivity index (χ2v) is 11.1. The van der Waals surface area contributed by atoms with Crippen LogP contribution in [0.25, 0.3) is 5.76 Å². The van der Waals surface area contributed by atoms with Crippen LogP contribution in [0.3, 0.4) is 0 Å². The lowest BCUT2D eigenvalue weighted by Crippen LogP contribution is -2.29. The fourth-order valence-corrected chi connectivity index (χ4v) is 5.26. The zero-order chi connectivity index (χ0) is 27.9. The fourth-order valence-electron chi connectivity index (χ4n) is 4.28. The van der Waals surface area contributed by atoms with Crippen LogP contribution in [-0.2, 0) is 19.7 Å². The highest BCUT2D eigenvalue weighted by Crippen LogP contribution is 2.44. The van der Waals surface area contributed by atoms with Gasteiger partial charge in [-0.25, -0.2) is 14.2 Å². The first kappa shape index (κ1) is 27.2. The van der Waals surface area contributed by atoms with Crippen LogP contribution in [0.1, 0.15) is 71.4 Å². The molecule has 198 valence electrons. The molecule has 0 spiro atoms. The van der Waals surface area contributed by atoms with Crippen molar-refractivity contribution in [2.45, 2.75) is 53.0 Å². The number of hydrogen-bond donors (Lipinski definition) is 1. The summed E-state index contributed by atoms with van der Waals surface area (Å²) in [6.07, 6.45) is 0. The predicted molar refractivity (Wildman–Crippen MR) is 144 cm³/mol. The van der Waals surface area contributed by atoms with Crippen molar-refractivity contribution in [3.8, 4) is 0 Å². The molecule has 0 aliphatic carbocycles. The Labute approximate surface area is 224 Å². The van der Waals surface area contributed by atoms with Gasteiger partial charge in [0.2, 0.25) is 0 Å². The van der Waals surface area contributed by atoms with Crippen molar-refractivity contribution in [1.82, 2.24) is 4.98 Å². The number of ether oxygens (including phenoxy) is 1. The second kappa shape index (κ2) is 10.1. The molecule has 1 amide bonds. The van der Waals surface area contributed by atoms with Crippen molar-refractivity contribution < 1.29 is 28.6 Å². The van der Waals surface area contributed by atoms with Gasteiger partial charge in [-0.2, -0.15) is 0 Å². The fraction of sp³-hybridized carbons (Fsp3) is 0.310. The van der Waals surface area contributed by atoms with Crippen LogP contribution in [0.15, 0.2) is 48.0 Å². The molecule has 2 heterocycles. The molecule has 1 saturated heterocycles. The molecule has 7 nitrogen and oxygen atoms in total. The Morgan fingerprint density at radius 2 is 1.79 bits per heavy atom. The molecule has 1 unspecified atom stereocenters. The van der Waals surface area contributed by atoms with Crippen molar-refractivity contribution >= 4 is 39.9 Å². The molecule has 1 aliphatic heterocycles. The first-order valence-electron chi connectivity index (χ1n) is 12.2. The number of hydrogen-bond acceptors (Lipinski definition) is 7. The molecule has 3 aromatic rings. The van der Waals surface area contributed by atoms with E-state index in [4.69, 9.17) is 4.74 Å². The summed E-state index contributed by atoms with van der Waals surface area (Å²) in [5, 5.41) is 11.4. The quantitative estimate of drug-likeness (QED) is 0.186. The topological polar surface area (TPSA) is 96.8 Å². The first-order valence-corrected chi connectivity index (χ1v) is 13.0. The van der Waals surface area contributed by atoms with Gasteiger partial charge in [0.05, 0.1) is 23.9 Å². The minimum Gasteiger partial charge on any atom is -0.507 e. The van der Waals surface area contributed by atoms with Crippen molar-refractivity contribution in [2.75, 3.05) is 11.5 Å². The maximum atomic E-state index is 14.4. The molecule has 0 bridgehead atoms. The molecule has 9 heteroatoms. The van der Waals surface area contributed by atoms with E-state index in [2.05, 4.69) is 25.8 Å². The first-order chi connectivity index (χ1) is 17.8. The highest BCUT2D eigenvalue weighted by molar-refractivity contribution is 7.17. The smallest absolute Gasteiger partial charge is 0.350 e. The normalized spacial score (nSPS) is 17.2. The van der Waals surface area contributed by atoms with E-state index in [1.807, 2.05) is 12.1 Å². The molecule has 38 heavy (non-hydrogen) atoms. The average molecular weight is 537 g/mol. The number of nitrogens with zero attached hydrogens (tertiary/aromatic N) is 2. The Morgan fingerprint density at radius 3 is 2.37 bits per heavy atom. The van der Waals surface area contributed by atoms with Gasteiger partial charge in [0.25, 0.3) is 5.78 Å². The molecular formula is C29H29FN2O5S. The standard InChI is InChI=1S/C29H29FN2O5S/c1-7-37-27(36)25-16(3)31-28(38-25)32-22(17-10-12-19(13-11-17)29(4,5)6)21(24(34)26(32)35)23(33)18-9-8-15(2)20(30)14-18/h8-14,22,33H,7H2,1-6H3. The van der Waals surface area contributed by atoms with Crippen molar-refractivity contribution in [1.29, 1.82) is 0 Å². The van der Waals surface area contributed by atoms with Gasteiger partial charge in [-0.15, -0.1) is 0 Å². The Kier molecular flexibility index (Phi) is 7.25. The highest BCUT2D eigenvalue weighted by Gasteiger charge is 2.48. The monoisotopic (exact) mass is 536 g/mol. The van der Waals surface area contributed by atoms with Crippen LogP contribution >= 0.6 is 11.3 Å². The number of thiazole rings is 1. The number of amides is 1. The van der Waals surface area contributed by atoms with Gasteiger partial charge in [-0.3, -0.25) is 14.5 Å². The van der Waals surface area contributed by atoms with Gasteiger partial charge < -0.3 is 9.84 Å². The van der Waals surface area contributed by atoms with E-state index >= 15 is 0 Å². The lowest BCUT2D eigenvalue weighted by atomic mass is 9.85. The van der Waals surface area contributed by atoms with Gasteiger partial charge >= 0.3 is 11.9 Å². The molecule has 1 atom stereocenters. The van der Waals surface area contributed by atoms with Crippen LogP contribution in [0, 0.1) is 19.7 Å². The van der Waals surface area contributed by atoms with E-state index in [9.17, 15) is 23.9 Å². The van der Waals surface area contributed by atoms with Gasteiger partial charge in [-0.1, -0.05) is 68.5 Å². The van der Waals surface area contributed by atoms with E-state index < -0.39 is 35.3 Å². The van der Waals surface area contributed by atoms with E-state index in [1.165, 1.54) is 17.0 Å². The number of Topliss-reactive ketones (excluding diaryl/α,β-unsaturated/α-hetero) is 1. The minimum absolute atomic E-state index is 0.0740. The summed E-state index contributed by atoms with van der Waals surface area (Å²) in [5.74, 6) is -3.46. The van der Waals surface area contributed by atoms with Gasteiger partial charge in [0.1, 0.15) is 16.5 Å². The van der Waals surface area contributed by atoms with E-state index in [0.29, 0.717) is 16.8 Å². The third-order valence-corrected chi connectivity index (χ3v) is 7.57. The number of aliphatic hydroxyl groups excluding tert-OH is 1. The predicted octanol–water partition coefficient (Wildman–Crippen LogP) is 6.00. The Balaban J connectivity index is 1.92. The van der Waals surface area contributed by atoms with Gasteiger partial charge in [0.15, 0.2) is 5.13 Å². The van der Waals surface area contributed by atoms with Crippen LogP contribution in [-0.4, -0.2) is 34.4 Å². The van der Waals surface area contributed by atoms with Gasteiger partial charge in [-0.05, 0) is 48.9 Å². The number of carbonyl (C=O) groups is 3. The Bertz CT molecular complexity index is 1470. The van der Waals surface area contributed by atoms with Crippen LogP contribution < -0.4 is 4.90 Å². The number of benzene rings is 2. The molecule has 2 aromatic carbocycles. The molecular weight excluding hydrogens is 507 g/mol. The number of esters is 1. The summed E-state index contributed by atoms with van der Waals surface area (Å²) in [7, 11) is 0. The van der Waals surface area contributed by atoms with Crippen molar-refractivity contribution in [2.24, 2.45) is 0 Å². The Hall–Kier alpha value is -3.85. The number of aromatic nitrogens is 1. The molecule has 0 radical (unpaired) electrons. The van der Waals surface area contributed by atoms with E-state index in [0.717, 1.165) is 23.0 Å². The average Bonchev–Trinajstić information content (AvgIpc) is 3.37. The maximum Gasteiger partial charge on any atom is 0.350 e. The summed E-state index contributed by atoms with van der Waals surface area (Å²) >= 11 is 0.933. The van der Waals surface area contributed by atoms with Crippen molar-refractivity contribution in [3.05, 3.63) is 86.7 Å². The lowest BCUT2D eigenvalue weighted by Gasteiger charge is -2.24. The third-order valence-electron chi connectivity index (χ3n) is 6.43. The molecule has 1 aromatic heterocycles. The lowest BCUT2D eigenvalue weighted by molar-refractivity contribution is -0.132. The maximum absolute atomic E-state index is 14.4. The highest BCUT2D eigenvalue weighted by atomic mass is 32.1. The Morgan fingerprint density at radius 1 is 1.13 bits per heavy atom. The zero-order valence-electron chi connectivity index (χ0n) is 22.1. The SMILES string of the molecule is CCOC(=O)c1sc(N2C(=O)C(=O)C(=C(O)c3ccc(C)c(F)c3)C2c2ccc(C(C)(C)C)cc2)nc1C. The molecule has 0 saturated carbocycles. The van der Waals surface area contributed by atoms with Gasteiger partial charge in [0, 0.05) is 5.56 Å². The number of ketones is 1. The second-order valence-electron chi connectivity index (χ2n) is 10.1. The number of carbonyl (C=O) groups excluding carboxylic acids is 3. The number of anilines is 1. The summed E-state index contributed by atoms with van der Waals surface area (Å²) in [6, 6.07) is 10.4. The summed E-state index contributed by atoms with van der Waals surface area (Å²) in [4.78, 5) is 45.0. The molecule has 1 aliphatic rings. The number of rotatable bonds is 5. The van der Waals surface area contributed by atoms with Crippen molar-refractivity contribution in [3.63, 3.8) is 0 Å². The molecule has 4 rings (SSSR count). The number of aryl methyl sites for hydroxylation is 2. The largest absolute Gasteiger partial charge is 0.507 e. The summed E-state index contributed by atoms with van der Waals surface area (Å²) in [5.41, 5.74) is 2.07. The van der Waals surface area contributed by atoms with Crippen LogP contribution in [0.4, 0.5) is 9.52 Å². The van der Waals surface area contributed by atoms with Crippen LogP contribution in [0.2, 0.25) is 0 Å². The summed E-state index contributed by atoms with van der Waals surface area (Å²) < 4.78 is 19.5. The third kappa shape index (κ3) is 4.86. The number of aliphatic hydroxyl groups is 1. The number of halogens is 1. The van der Waals surface area contributed by atoms with E-state index in [-0.39, 0.29) is 33.2 Å². The minimum atomic E-state index is -1.05.